The molecule has 0 radical (unpaired) electrons. The van der Waals surface area contributed by atoms with Gasteiger partial charge in [0.05, 0.1) is 0 Å². The largest absolute Gasteiger partial charge is 0.352 e. The van der Waals surface area contributed by atoms with Crippen molar-refractivity contribution in [2.75, 3.05) is 12.3 Å². The number of carbonyl (C=O) groups excluding carboxylic acids is 1. The summed E-state index contributed by atoms with van der Waals surface area (Å²) in [5.74, 6) is 0.643. The van der Waals surface area contributed by atoms with Gasteiger partial charge in [-0.25, -0.2) is 4.39 Å². The molecule has 0 unspecified atom stereocenters. The van der Waals surface area contributed by atoms with E-state index in [4.69, 9.17) is 0 Å². The molecule has 110 valence electrons. The summed E-state index contributed by atoms with van der Waals surface area (Å²) in [5.41, 5.74) is 1.71. The van der Waals surface area contributed by atoms with Crippen LogP contribution >= 0.6 is 11.8 Å². The van der Waals surface area contributed by atoms with Gasteiger partial charge in [0.2, 0.25) is 0 Å². The number of benzene rings is 2. The normalized spacial score (nSPS) is 10.4. The summed E-state index contributed by atoms with van der Waals surface area (Å²) in [6.07, 6.45) is 0.875. The predicted octanol–water partition coefficient (Wildman–Crippen LogP) is 4.05. The fourth-order valence-corrected chi connectivity index (χ4v) is 2.77. The van der Waals surface area contributed by atoms with Gasteiger partial charge in [-0.3, -0.25) is 4.79 Å². The van der Waals surface area contributed by atoms with Gasteiger partial charge in [0.1, 0.15) is 5.82 Å². The van der Waals surface area contributed by atoms with E-state index in [9.17, 15) is 9.18 Å². The van der Waals surface area contributed by atoms with E-state index in [2.05, 4.69) is 5.32 Å². The van der Waals surface area contributed by atoms with Gasteiger partial charge in [-0.2, -0.15) is 0 Å². The lowest BCUT2D eigenvalue weighted by Gasteiger charge is -2.07. The first-order chi connectivity index (χ1) is 10.2. The number of amides is 1. The Balaban J connectivity index is 1.69. The number of carbonyl (C=O) groups is 1. The summed E-state index contributed by atoms with van der Waals surface area (Å²) >= 11 is 1.66. The van der Waals surface area contributed by atoms with Gasteiger partial charge in [-0.15, -0.1) is 11.8 Å². The highest BCUT2D eigenvalue weighted by molar-refractivity contribution is 7.99. The fourth-order valence-electron chi connectivity index (χ4n) is 1.92. The average Bonchev–Trinajstić information content (AvgIpc) is 2.49. The number of nitrogens with one attached hydrogen (secondary N) is 1. The lowest BCUT2D eigenvalue weighted by atomic mass is 10.1. The summed E-state index contributed by atoms with van der Waals surface area (Å²) in [7, 11) is 0. The van der Waals surface area contributed by atoms with Crippen molar-refractivity contribution in [3.8, 4) is 0 Å². The molecule has 0 atom stereocenters. The van der Waals surface area contributed by atoms with E-state index >= 15 is 0 Å². The molecule has 0 heterocycles. The highest BCUT2D eigenvalue weighted by Crippen LogP contribution is 2.18. The van der Waals surface area contributed by atoms with E-state index < -0.39 is 0 Å². The first kappa shape index (κ1) is 15.6. The molecule has 2 aromatic rings. The van der Waals surface area contributed by atoms with Crippen molar-refractivity contribution in [3.63, 3.8) is 0 Å². The smallest absolute Gasteiger partial charge is 0.251 e. The number of rotatable bonds is 6. The molecule has 0 aliphatic rings. The average molecular weight is 303 g/mol. The van der Waals surface area contributed by atoms with Crippen LogP contribution < -0.4 is 5.32 Å². The highest BCUT2D eigenvalue weighted by Gasteiger charge is 2.06. The molecular weight excluding hydrogens is 285 g/mol. The van der Waals surface area contributed by atoms with Crippen LogP contribution in [0.2, 0.25) is 0 Å². The minimum absolute atomic E-state index is 0.0279. The molecule has 0 aliphatic carbocycles. The minimum Gasteiger partial charge on any atom is -0.352 e. The van der Waals surface area contributed by atoms with Crippen LogP contribution in [-0.4, -0.2) is 18.2 Å². The van der Waals surface area contributed by atoms with Gasteiger partial charge in [-0.1, -0.05) is 18.2 Å². The molecule has 0 aliphatic heterocycles. The van der Waals surface area contributed by atoms with Crippen LogP contribution in [-0.2, 0) is 0 Å². The van der Waals surface area contributed by atoms with Crippen LogP contribution in [0.5, 0.6) is 0 Å². The van der Waals surface area contributed by atoms with Gasteiger partial charge in [0.15, 0.2) is 0 Å². The van der Waals surface area contributed by atoms with Gasteiger partial charge >= 0.3 is 0 Å². The molecule has 4 heteroatoms. The molecule has 21 heavy (non-hydrogen) atoms. The van der Waals surface area contributed by atoms with Crippen molar-refractivity contribution in [3.05, 3.63) is 65.5 Å². The Morgan fingerprint density at radius 1 is 1.14 bits per heavy atom. The van der Waals surface area contributed by atoms with Gasteiger partial charge in [0.25, 0.3) is 5.91 Å². The maximum atomic E-state index is 12.8. The molecule has 0 fully saturated rings. The first-order valence-electron chi connectivity index (χ1n) is 6.89. The number of aryl methyl sites for hydroxylation is 1. The zero-order valence-corrected chi connectivity index (χ0v) is 12.8. The molecule has 0 saturated carbocycles. The van der Waals surface area contributed by atoms with Crippen LogP contribution in [0.3, 0.4) is 0 Å². The molecule has 0 saturated heterocycles. The van der Waals surface area contributed by atoms with Crippen molar-refractivity contribution in [1.29, 1.82) is 0 Å². The molecule has 1 N–H and O–H groups in total. The fraction of sp³-hybridized carbons (Fsp3) is 0.235. The third-order valence-corrected chi connectivity index (χ3v) is 4.18. The zero-order chi connectivity index (χ0) is 15.1. The second kappa shape index (κ2) is 7.84. The van der Waals surface area contributed by atoms with Gasteiger partial charge in [-0.05, 0) is 55.0 Å². The van der Waals surface area contributed by atoms with Crippen molar-refractivity contribution in [1.82, 2.24) is 5.32 Å². The molecule has 2 aromatic carbocycles. The van der Waals surface area contributed by atoms with E-state index in [1.165, 1.54) is 12.1 Å². The summed E-state index contributed by atoms with van der Waals surface area (Å²) in [6.45, 7) is 2.57. The molecular formula is C17H18FNOS. The van der Waals surface area contributed by atoms with E-state index in [1.807, 2.05) is 31.2 Å². The lowest BCUT2D eigenvalue weighted by molar-refractivity contribution is 0.0953. The van der Waals surface area contributed by atoms with Crippen molar-refractivity contribution >= 4 is 17.7 Å². The van der Waals surface area contributed by atoms with Crippen LogP contribution in [0.1, 0.15) is 22.3 Å². The van der Waals surface area contributed by atoms with Gasteiger partial charge in [0, 0.05) is 17.0 Å². The van der Waals surface area contributed by atoms with E-state index in [0.717, 1.165) is 28.2 Å². The van der Waals surface area contributed by atoms with Crippen molar-refractivity contribution < 1.29 is 9.18 Å². The Morgan fingerprint density at radius 2 is 1.86 bits per heavy atom. The van der Waals surface area contributed by atoms with Gasteiger partial charge < -0.3 is 5.32 Å². The Labute approximate surface area is 128 Å². The third kappa shape index (κ3) is 4.90. The topological polar surface area (TPSA) is 29.1 Å². The number of hydrogen-bond donors (Lipinski definition) is 1. The second-order valence-electron chi connectivity index (χ2n) is 4.73. The Bertz CT molecular complexity index is 598. The monoisotopic (exact) mass is 303 g/mol. The van der Waals surface area contributed by atoms with Crippen LogP contribution in [0.25, 0.3) is 0 Å². The molecule has 0 aromatic heterocycles. The summed E-state index contributed by atoms with van der Waals surface area (Å²) in [6, 6.07) is 14.0. The third-order valence-electron chi connectivity index (χ3n) is 3.08. The maximum absolute atomic E-state index is 12.8. The Hall–Kier alpha value is -1.81. The standard InChI is InChI=1S/C17H18FNOS/c1-13-5-2-3-6-16(13)17(20)19-11-4-12-21-15-9-7-14(18)8-10-15/h2-3,5-10H,4,11-12H2,1H3,(H,19,20). The maximum Gasteiger partial charge on any atom is 0.251 e. The van der Waals surface area contributed by atoms with Crippen LogP contribution in [0.15, 0.2) is 53.4 Å². The SMILES string of the molecule is Cc1ccccc1C(=O)NCCCSc1ccc(F)cc1. The predicted molar refractivity (Wildman–Crippen MR) is 85.3 cm³/mol. The quantitative estimate of drug-likeness (QED) is 0.644. The minimum atomic E-state index is -0.218. The zero-order valence-electron chi connectivity index (χ0n) is 11.9. The summed E-state index contributed by atoms with van der Waals surface area (Å²) in [5, 5.41) is 2.92. The second-order valence-corrected chi connectivity index (χ2v) is 5.90. The molecule has 0 bridgehead atoms. The van der Waals surface area contributed by atoms with Crippen LogP contribution in [0, 0.1) is 12.7 Å². The first-order valence-corrected chi connectivity index (χ1v) is 7.87. The number of halogens is 1. The van der Waals surface area contributed by atoms with E-state index in [0.29, 0.717) is 6.54 Å². The van der Waals surface area contributed by atoms with Crippen molar-refractivity contribution in [2.24, 2.45) is 0 Å². The van der Waals surface area contributed by atoms with Crippen molar-refractivity contribution in [2.45, 2.75) is 18.2 Å². The molecule has 1 amide bonds. The highest BCUT2D eigenvalue weighted by atomic mass is 32.2. The van der Waals surface area contributed by atoms with E-state index in [1.54, 1.807) is 23.9 Å². The molecule has 0 spiro atoms. The Morgan fingerprint density at radius 3 is 2.57 bits per heavy atom. The Kier molecular flexibility index (Phi) is 5.81. The number of hydrogen-bond acceptors (Lipinski definition) is 2. The molecule has 2 rings (SSSR count). The lowest BCUT2D eigenvalue weighted by Crippen LogP contribution is -2.25. The van der Waals surface area contributed by atoms with E-state index in [-0.39, 0.29) is 11.7 Å². The summed E-state index contributed by atoms with van der Waals surface area (Å²) < 4.78 is 12.8. The van der Waals surface area contributed by atoms with Crippen LogP contribution in [0.4, 0.5) is 4.39 Å². The molecule has 2 nitrogen and oxygen atoms in total. The number of thioether (sulfide) groups is 1. The summed E-state index contributed by atoms with van der Waals surface area (Å²) in [4.78, 5) is 13.0.